The summed E-state index contributed by atoms with van der Waals surface area (Å²) in [6, 6.07) is 3.40. The number of aromatic nitrogens is 1. The number of rotatable bonds is 3. The summed E-state index contributed by atoms with van der Waals surface area (Å²) < 4.78 is 5.87. The molecule has 0 unspecified atom stereocenters. The van der Waals surface area contributed by atoms with Gasteiger partial charge in [0.05, 0.1) is 12.7 Å². The molecule has 5 nitrogen and oxygen atoms in total. The van der Waals surface area contributed by atoms with E-state index in [1.54, 1.807) is 17.0 Å². The van der Waals surface area contributed by atoms with Gasteiger partial charge in [0, 0.05) is 18.8 Å². The maximum absolute atomic E-state index is 12.6. The summed E-state index contributed by atoms with van der Waals surface area (Å²) in [5.74, 6) is 0.551. The first kappa shape index (κ1) is 16.2. The summed E-state index contributed by atoms with van der Waals surface area (Å²) in [6.45, 7) is 3.54. The SMILES string of the molecule is Cc1ccc(C(=O)N2CCO[C@@H](CC3CCCCC3)C2)c(=O)[nH]1. The van der Waals surface area contributed by atoms with E-state index in [1.165, 1.54) is 32.1 Å². The quantitative estimate of drug-likeness (QED) is 0.931. The molecule has 1 amide bonds. The van der Waals surface area contributed by atoms with Gasteiger partial charge in [-0.05, 0) is 31.4 Å². The molecule has 1 aliphatic carbocycles. The zero-order chi connectivity index (χ0) is 16.2. The Morgan fingerprint density at radius 3 is 2.83 bits per heavy atom. The summed E-state index contributed by atoms with van der Waals surface area (Å²) >= 11 is 0. The van der Waals surface area contributed by atoms with Crippen LogP contribution in [0.25, 0.3) is 0 Å². The van der Waals surface area contributed by atoms with E-state index >= 15 is 0 Å². The Kier molecular flexibility index (Phi) is 5.16. The van der Waals surface area contributed by atoms with E-state index in [-0.39, 0.29) is 23.1 Å². The van der Waals surface area contributed by atoms with Crippen molar-refractivity contribution in [3.63, 3.8) is 0 Å². The number of nitrogens with zero attached hydrogens (tertiary/aromatic N) is 1. The molecule has 23 heavy (non-hydrogen) atoms. The number of aromatic amines is 1. The van der Waals surface area contributed by atoms with Crippen LogP contribution in [0.1, 0.15) is 54.6 Å². The molecule has 2 heterocycles. The van der Waals surface area contributed by atoms with Crippen molar-refractivity contribution in [1.29, 1.82) is 0 Å². The largest absolute Gasteiger partial charge is 0.375 e. The lowest BCUT2D eigenvalue weighted by Crippen LogP contribution is -2.47. The molecule has 1 aliphatic heterocycles. The minimum atomic E-state index is -0.301. The number of carbonyl (C=O) groups excluding carboxylic acids is 1. The zero-order valence-electron chi connectivity index (χ0n) is 13.8. The Labute approximate surface area is 137 Å². The lowest BCUT2D eigenvalue weighted by atomic mass is 9.85. The summed E-state index contributed by atoms with van der Waals surface area (Å²) in [7, 11) is 0. The Hall–Kier alpha value is -1.62. The Morgan fingerprint density at radius 2 is 2.09 bits per heavy atom. The second kappa shape index (κ2) is 7.30. The van der Waals surface area contributed by atoms with E-state index < -0.39 is 0 Å². The molecule has 1 atom stereocenters. The van der Waals surface area contributed by atoms with Gasteiger partial charge in [0.2, 0.25) is 0 Å². The van der Waals surface area contributed by atoms with Gasteiger partial charge in [0.15, 0.2) is 0 Å². The maximum Gasteiger partial charge on any atom is 0.260 e. The molecule has 2 fully saturated rings. The van der Waals surface area contributed by atoms with Crippen LogP contribution in [0.5, 0.6) is 0 Å². The molecule has 0 aromatic carbocycles. The van der Waals surface area contributed by atoms with Crippen molar-refractivity contribution < 1.29 is 9.53 Å². The van der Waals surface area contributed by atoms with Crippen LogP contribution in [0.2, 0.25) is 0 Å². The highest BCUT2D eigenvalue weighted by molar-refractivity contribution is 5.93. The van der Waals surface area contributed by atoms with Crippen LogP contribution in [-0.4, -0.2) is 41.6 Å². The minimum Gasteiger partial charge on any atom is -0.375 e. The van der Waals surface area contributed by atoms with Crippen LogP contribution in [0.15, 0.2) is 16.9 Å². The van der Waals surface area contributed by atoms with Crippen LogP contribution in [-0.2, 0) is 4.74 Å². The van der Waals surface area contributed by atoms with Gasteiger partial charge in [-0.25, -0.2) is 0 Å². The maximum atomic E-state index is 12.6. The number of pyridine rings is 1. The first-order valence-corrected chi connectivity index (χ1v) is 8.74. The van der Waals surface area contributed by atoms with E-state index in [0.29, 0.717) is 19.7 Å². The van der Waals surface area contributed by atoms with Gasteiger partial charge in [-0.15, -0.1) is 0 Å². The second-order valence-corrected chi connectivity index (χ2v) is 6.87. The molecular weight excluding hydrogens is 292 g/mol. The van der Waals surface area contributed by atoms with Crippen molar-refractivity contribution in [2.24, 2.45) is 5.92 Å². The molecule has 1 aromatic heterocycles. The standard InChI is InChI=1S/C18H26N2O3/c1-13-7-8-16(17(21)19-13)18(22)20-9-10-23-15(12-20)11-14-5-3-2-4-6-14/h7-8,14-15H,2-6,9-12H2,1H3,(H,19,21)/t15-/m0/s1. The highest BCUT2D eigenvalue weighted by Gasteiger charge is 2.28. The van der Waals surface area contributed by atoms with Gasteiger partial charge in [-0.1, -0.05) is 32.1 Å². The molecule has 1 saturated carbocycles. The number of morpholine rings is 1. The molecular formula is C18H26N2O3. The van der Waals surface area contributed by atoms with Gasteiger partial charge >= 0.3 is 0 Å². The molecule has 1 aromatic rings. The number of carbonyl (C=O) groups is 1. The fourth-order valence-electron chi connectivity index (χ4n) is 3.75. The highest BCUT2D eigenvalue weighted by atomic mass is 16.5. The monoisotopic (exact) mass is 318 g/mol. The Bertz CT molecular complexity index is 605. The average molecular weight is 318 g/mol. The predicted molar refractivity (Wildman–Crippen MR) is 88.6 cm³/mol. The molecule has 1 saturated heterocycles. The number of hydrogen-bond acceptors (Lipinski definition) is 3. The first-order valence-electron chi connectivity index (χ1n) is 8.74. The van der Waals surface area contributed by atoms with E-state index in [4.69, 9.17) is 4.74 Å². The van der Waals surface area contributed by atoms with Crippen molar-refractivity contribution in [2.45, 2.75) is 51.6 Å². The van der Waals surface area contributed by atoms with Gasteiger partial charge in [-0.3, -0.25) is 9.59 Å². The zero-order valence-corrected chi connectivity index (χ0v) is 13.8. The lowest BCUT2D eigenvalue weighted by Gasteiger charge is -2.35. The lowest BCUT2D eigenvalue weighted by molar-refractivity contribution is -0.0337. The number of ether oxygens (including phenoxy) is 1. The third-order valence-electron chi connectivity index (χ3n) is 5.03. The normalized spacial score (nSPS) is 23.0. The Morgan fingerprint density at radius 1 is 1.30 bits per heavy atom. The van der Waals surface area contributed by atoms with E-state index in [0.717, 1.165) is 18.0 Å². The number of nitrogens with one attached hydrogen (secondary N) is 1. The van der Waals surface area contributed by atoms with Gasteiger partial charge in [0.1, 0.15) is 5.56 Å². The number of hydrogen-bond donors (Lipinski definition) is 1. The summed E-state index contributed by atoms with van der Waals surface area (Å²) in [5.41, 5.74) is 0.697. The third-order valence-corrected chi connectivity index (χ3v) is 5.03. The van der Waals surface area contributed by atoms with E-state index in [9.17, 15) is 9.59 Å². The Balaban J connectivity index is 1.63. The number of amides is 1. The molecule has 2 aliphatic rings. The van der Waals surface area contributed by atoms with Gasteiger partial charge in [-0.2, -0.15) is 0 Å². The first-order chi connectivity index (χ1) is 11.1. The molecule has 5 heteroatoms. The highest BCUT2D eigenvalue weighted by Crippen LogP contribution is 2.29. The number of aryl methyl sites for hydroxylation is 1. The van der Waals surface area contributed by atoms with Crippen LogP contribution in [0.4, 0.5) is 0 Å². The van der Waals surface area contributed by atoms with Crippen molar-refractivity contribution in [1.82, 2.24) is 9.88 Å². The predicted octanol–water partition coefficient (Wildman–Crippen LogP) is 2.49. The fourth-order valence-corrected chi connectivity index (χ4v) is 3.75. The van der Waals surface area contributed by atoms with Gasteiger partial charge in [0.25, 0.3) is 11.5 Å². The van der Waals surface area contributed by atoms with Gasteiger partial charge < -0.3 is 14.6 Å². The summed E-state index contributed by atoms with van der Waals surface area (Å²) in [5, 5.41) is 0. The summed E-state index contributed by atoms with van der Waals surface area (Å²) in [4.78, 5) is 29.1. The fraction of sp³-hybridized carbons (Fsp3) is 0.667. The smallest absolute Gasteiger partial charge is 0.260 e. The molecule has 0 spiro atoms. The van der Waals surface area contributed by atoms with Crippen LogP contribution in [0, 0.1) is 12.8 Å². The summed E-state index contributed by atoms with van der Waals surface area (Å²) in [6.07, 6.45) is 7.70. The molecule has 0 bridgehead atoms. The minimum absolute atomic E-state index is 0.111. The molecule has 0 radical (unpaired) electrons. The second-order valence-electron chi connectivity index (χ2n) is 6.87. The molecule has 126 valence electrons. The topological polar surface area (TPSA) is 62.4 Å². The third kappa shape index (κ3) is 4.02. The van der Waals surface area contributed by atoms with E-state index in [2.05, 4.69) is 4.98 Å². The van der Waals surface area contributed by atoms with Crippen LogP contribution in [0.3, 0.4) is 0 Å². The van der Waals surface area contributed by atoms with Crippen LogP contribution >= 0.6 is 0 Å². The average Bonchev–Trinajstić information content (AvgIpc) is 2.55. The van der Waals surface area contributed by atoms with Crippen molar-refractivity contribution in [2.75, 3.05) is 19.7 Å². The van der Waals surface area contributed by atoms with Crippen molar-refractivity contribution in [3.8, 4) is 0 Å². The van der Waals surface area contributed by atoms with Crippen LogP contribution < -0.4 is 5.56 Å². The van der Waals surface area contributed by atoms with Crippen molar-refractivity contribution >= 4 is 5.91 Å². The van der Waals surface area contributed by atoms with Crippen molar-refractivity contribution in [3.05, 3.63) is 33.7 Å². The molecule has 3 rings (SSSR count). The molecule has 1 N–H and O–H groups in total. The number of H-pyrrole nitrogens is 1. The van der Waals surface area contributed by atoms with E-state index in [1.807, 2.05) is 6.92 Å².